The molecule has 1 heterocycles. The van der Waals surface area contributed by atoms with Gasteiger partial charge in [-0.05, 0) is 25.0 Å². The third-order valence-electron chi connectivity index (χ3n) is 3.59. The van der Waals surface area contributed by atoms with Crippen LogP contribution in [0.25, 0.3) is 0 Å². The fourth-order valence-electron chi connectivity index (χ4n) is 2.41. The van der Waals surface area contributed by atoms with Crippen LogP contribution in [-0.2, 0) is 5.41 Å². The molecule has 1 aromatic rings. The molecule has 1 aliphatic carbocycles. The summed E-state index contributed by atoms with van der Waals surface area (Å²) >= 11 is 0. The Morgan fingerprint density at radius 2 is 1.88 bits per heavy atom. The lowest BCUT2D eigenvalue weighted by Gasteiger charge is -2.38. The van der Waals surface area contributed by atoms with Gasteiger partial charge in [0.2, 0.25) is 5.92 Å². The van der Waals surface area contributed by atoms with Gasteiger partial charge in [0.05, 0.1) is 5.69 Å². The molecule has 0 unspecified atom stereocenters. The van der Waals surface area contributed by atoms with Gasteiger partial charge in [-0.15, -0.1) is 0 Å². The minimum absolute atomic E-state index is 0.150. The van der Waals surface area contributed by atoms with E-state index in [1.807, 2.05) is 0 Å². The zero-order valence-corrected chi connectivity index (χ0v) is 9.43. The molecule has 1 aromatic heterocycles. The Hall–Kier alpha value is -1.10. The first-order valence-corrected chi connectivity index (χ1v) is 5.68. The second kappa shape index (κ2) is 4.29. The Balaban J connectivity index is 2.31. The zero-order chi connectivity index (χ0) is 12.5. The highest BCUT2D eigenvalue weighted by Gasteiger charge is 2.45. The molecule has 0 radical (unpaired) electrons. The van der Waals surface area contributed by atoms with Crippen LogP contribution < -0.4 is 5.73 Å². The van der Waals surface area contributed by atoms with Crippen LogP contribution in [0, 0.1) is 5.82 Å². The molecule has 17 heavy (non-hydrogen) atoms. The highest BCUT2D eigenvalue weighted by molar-refractivity contribution is 5.21. The van der Waals surface area contributed by atoms with Crippen LogP contribution in [-0.4, -0.2) is 17.5 Å². The lowest BCUT2D eigenvalue weighted by molar-refractivity contribution is -0.0518. The zero-order valence-electron chi connectivity index (χ0n) is 9.43. The van der Waals surface area contributed by atoms with Gasteiger partial charge in [0.25, 0.3) is 0 Å². The standard InChI is InChI=1S/C12H15F3N2/c13-9-2-1-7-17-10(9)11(8-16)3-5-12(14,15)6-4-11/h1-2,7H,3-6,8,16H2. The van der Waals surface area contributed by atoms with E-state index in [0.29, 0.717) is 0 Å². The quantitative estimate of drug-likeness (QED) is 0.868. The average Bonchev–Trinajstić information content (AvgIpc) is 2.31. The van der Waals surface area contributed by atoms with E-state index >= 15 is 0 Å². The van der Waals surface area contributed by atoms with Crippen molar-refractivity contribution in [3.05, 3.63) is 29.8 Å². The van der Waals surface area contributed by atoms with E-state index in [0.717, 1.165) is 0 Å². The van der Waals surface area contributed by atoms with Crippen molar-refractivity contribution in [1.82, 2.24) is 4.98 Å². The van der Waals surface area contributed by atoms with Crippen LogP contribution in [0.5, 0.6) is 0 Å². The molecule has 0 saturated heterocycles. The van der Waals surface area contributed by atoms with Crippen molar-refractivity contribution in [3.63, 3.8) is 0 Å². The van der Waals surface area contributed by atoms with Gasteiger partial charge in [-0.1, -0.05) is 0 Å². The Morgan fingerprint density at radius 3 is 2.41 bits per heavy atom. The normalized spacial score (nSPS) is 22.4. The predicted octanol–water partition coefficient (Wildman–Crippen LogP) is 2.63. The summed E-state index contributed by atoms with van der Waals surface area (Å²) in [5.41, 5.74) is 5.18. The molecule has 1 fully saturated rings. The van der Waals surface area contributed by atoms with Gasteiger partial charge in [0, 0.05) is 31.0 Å². The molecule has 1 aliphatic rings. The van der Waals surface area contributed by atoms with E-state index in [2.05, 4.69) is 4.98 Å². The topological polar surface area (TPSA) is 38.9 Å². The first-order chi connectivity index (χ1) is 7.99. The van der Waals surface area contributed by atoms with Crippen molar-refractivity contribution in [2.75, 3.05) is 6.54 Å². The summed E-state index contributed by atoms with van der Waals surface area (Å²) in [6, 6.07) is 2.78. The van der Waals surface area contributed by atoms with Gasteiger partial charge >= 0.3 is 0 Å². The lowest BCUT2D eigenvalue weighted by Crippen LogP contribution is -2.43. The van der Waals surface area contributed by atoms with Crippen molar-refractivity contribution in [3.8, 4) is 0 Å². The average molecular weight is 244 g/mol. The number of hydrogen-bond donors (Lipinski definition) is 1. The largest absolute Gasteiger partial charge is 0.330 e. The van der Waals surface area contributed by atoms with Gasteiger partial charge in [0.15, 0.2) is 0 Å². The Bertz CT molecular complexity index is 396. The maximum absolute atomic E-state index is 13.7. The van der Waals surface area contributed by atoms with Crippen LogP contribution in [0.2, 0.25) is 0 Å². The summed E-state index contributed by atoms with van der Waals surface area (Å²) in [6.07, 6.45) is 1.35. The Labute approximate surface area is 98.0 Å². The summed E-state index contributed by atoms with van der Waals surface area (Å²) in [5.74, 6) is -3.10. The third kappa shape index (κ3) is 2.29. The van der Waals surface area contributed by atoms with Crippen LogP contribution in [0.1, 0.15) is 31.4 Å². The number of nitrogens with zero attached hydrogens (tertiary/aromatic N) is 1. The molecule has 0 amide bonds. The summed E-state index contributed by atoms with van der Waals surface area (Å²) in [4.78, 5) is 3.99. The Kier molecular flexibility index (Phi) is 3.12. The molecule has 94 valence electrons. The molecule has 2 rings (SSSR count). The third-order valence-corrected chi connectivity index (χ3v) is 3.59. The first-order valence-electron chi connectivity index (χ1n) is 5.68. The van der Waals surface area contributed by atoms with E-state index in [4.69, 9.17) is 5.73 Å². The van der Waals surface area contributed by atoms with E-state index in [-0.39, 0.29) is 37.9 Å². The number of hydrogen-bond acceptors (Lipinski definition) is 2. The Morgan fingerprint density at radius 1 is 1.24 bits per heavy atom. The molecule has 5 heteroatoms. The minimum Gasteiger partial charge on any atom is -0.330 e. The molecule has 0 atom stereocenters. The van der Waals surface area contributed by atoms with Crippen molar-refractivity contribution in [2.45, 2.75) is 37.0 Å². The lowest BCUT2D eigenvalue weighted by atomic mass is 9.70. The summed E-state index contributed by atoms with van der Waals surface area (Å²) in [6.45, 7) is 0.150. The van der Waals surface area contributed by atoms with Gasteiger partial charge in [-0.2, -0.15) is 0 Å². The molecular formula is C12H15F3N2. The number of rotatable bonds is 2. The fraction of sp³-hybridized carbons (Fsp3) is 0.583. The molecule has 0 aromatic carbocycles. The number of aromatic nitrogens is 1. The summed E-state index contributed by atoms with van der Waals surface area (Å²) in [7, 11) is 0. The fourth-order valence-corrected chi connectivity index (χ4v) is 2.41. The first kappa shape index (κ1) is 12.4. The van der Waals surface area contributed by atoms with Crippen molar-refractivity contribution >= 4 is 0 Å². The smallest absolute Gasteiger partial charge is 0.248 e. The molecule has 0 spiro atoms. The van der Waals surface area contributed by atoms with E-state index in [1.54, 1.807) is 0 Å². The maximum atomic E-state index is 13.7. The maximum Gasteiger partial charge on any atom is 0.248 e. The highest BCUT2D eigenvalue weighted by Crippen LogP contribution is 2.44. The minimum atomic E-state index is -2.65. The predicted molar refractivity (Wildman–Crippen MR) is 58.3 cm³/mol. The van der Waals surface area contributed by atoms with Crippen molar-refractivity contribution < 1.29 is 13.2 Å². The van der Waals surface area contributed by atoms with Gasteiger partial charge in [-0.25, -0.2) is 13.2 Å². The van der Waals surface area contributed by atoms with Crippen molar-refractivity contribution in [1.29, 1.82) is 0 Å². The van der Waals surface area contributed by atoms with Crippen LogP contribution in [0.15, 0.2) is 18.3 Å². The van der Waals surface area contributed by atoms with Gasteiger partial charge < -0.3 is 5.73 Å². The molecule has 2 nitrogen and oxygen atoms in total. The van der Waals surface area contributed by atoms with E-state index < -0.39 is 17.2 Å². The van der Waals surface area contributed by atoms with Crippen LogP contribution in [0.3, 0.4) is 0 Å². The molecule has 1 saturated carbocycles. The second-order valence-electron chi connectivity index (χ2n) is 4.67. The van der Waals surface area contributed by atoms with Gasteiger partial charge in [0.1, 0.15) is 5.82 Å². The summed E-state index contributed by atoms with van der Waals surface area (Å²) in [5, 5.41) is 0. The SMILES string of the molecule is NCC1(c2ncccc2F)CCC(F)(F)CC1. The number of halogens is 3. The van der Waals surface area contributed by atoms with Gasteiger partial charge in [-0.3, -0.25) is 4.98 Å². The van der Waals surface area contributed by atoms with E-state index in [9.17, 15) is 13.2 Å². The molecule has 2 N–H and O–H groups in total. The molecule has 0 bridgehead atoms. The highest BCUT2D eigenvalue weighted by atomic mass is 19.3. The second-order valence-corrected chi connectivity index (χ2v) is 4.67. The summed E-state index contributed by atoms with van der Waals surface area (Å²) < 4.78 is 40.0. The monoisotopic (exact) mass is 244 g/mol. The van der Waals surface area contributed by atoms with Crippen LogP contribution in [0.4, 0.5) is 13.2 Å². The van der Waals surface area contributed by atoms with E-state index in [1.165, 1.54) is 18.3 Å². The molecular weight excluding hydrogens is 229 g/mol. The number of nitrogens with two attached hydrogens (primary N) is 1. The molecule has 0 aliphatic heterocycles. The van der Waals surface area contributed by atoms with Crippen LogP contribution >= 0.6 is 0 Å². The van der Waals surface area contributed by atoms with Crippen molar-refractivity contribution in [2.24, 2.45) is 5.73 Å². The number of pyridine rings is 1. The number of alkyl halides is 2.